The fourth-order valence-corrected chi connectivity index (χ4v) is 3.82. The lowest BCUT2D eigenvalue weighted by molar-refractivity contribution is 0.174. The second-order valence-electron chi connectivity index (χ2n) is 7.75. The maximum absolute atomic E-state index is 9.97. The molecule has 1 aliphatic rings. The molecule has 2 unspecified atom stereocenters. The average Bonchev–Trinajstić information content (AvgIpc) is 3.28. The van der Waals surface area contributed by atoms with Crippen molar-refractivity contribution in [3.8, 4) is 22.6 Å². The number of hydrogen-bond acceptors (Lipinski definition) is 7. The van der Waals surface area contributed by atoms with Gasteiger partial charge in [-0.25, -0.2) is 0 Å². The molecule has 0 radical (unpaired) electrons. The molecule has 8 heteroatoms. The smallest absolute Gasteiger partial charge is 0.454 e. The normalized spacial score (nSPS) is 14.4. The minimum atomic E-state index is -1.56. The van der Waals surface area contributed by atoms with Crippen molar-refractivity contribution in [3.05, 3.63) is 83.9 Å². The summed E-state index contributed by atoms with van der Waals surface area (Å²) >= 11 is 0. The van der Waals surface area contributed by atoms with Gasteiger partial charge >= 0.3 is 7.12 Å². The van der Waals surface area contributed by atoms with E-state index in [2.05, 4.69) is 46.8 Å². The van der Waals surface area contributed by atoms with Crippen molar-refractivity contribution in [2.24, 2.45) is 10.9 Å². The first kappa shape index (κ1) is 21.9. The van der Waals surface area contributed by atoms with E-state index in [0.717, 1.165) is 22.3 Å². The fraction of sp³-hybridized carbons (Fsp3) is 0.208. The molecule has 3 aromatic carbocycles. The van der Waals surface area contributed by atoms with Crippen molar-refractivity contribution in [2.45, 2.75) is 24.8 Å². The third-order valence-electron chi connectivity index (χ3n) is 5.46. The van der Waals surface area contributed by atoms with Crippen molar-refractivity contribution in [3.63, 3.8) is 0 Å². The third-order valence-corrected chi connectivity index (χ3v) is 5.46. The Hall–Kier alpha value is -3.33. The lowest BCUT2D eigenvalue weighted by atomic mass is 9.75. The summed E-state index contributed by atoms with van der Waals surface area (Å²) in [6, 6.07) is 23.7. The van der Waals surface area contributed by atoms with Gasteiger partial charge in [-0.1, -0.05) is 60.7 Å². The molecule has 1 heterocycles. The molecule has 0 amide bonds. The van der Waals surface area contributed by atoms with Gasteiger partial charge in [0, 0.05) is 18.2 Å². The van der Waals surface area contributed by atoms with Crippen LogP contribution in [0.3, 0.4) is 0 Å². The van der Waals surface area contributed by atoms with Crippen LogP contribution in [-0.4, -0.2) is 42.2 Å². The Labute approximate surface area is 187 Å². The summed E-state index contributed by atoms with van der Waals surface area (Å²) in [4.78, 5) is 0. The Bertz CT molecular complexity index is 1040. The van der Waals surface area contributed by atoms with Crippen LogP contribution in [0.25, 0.3) is 11.1 Å². The van der Waals surface area contributed by atoms with Crippen molar-refractivity contribution >= 4 is 13.3 Å². The van der Waals surface area contributed by atoms with E-state index in [-0.39, 0.29) is 12.8 Å². The van der Waals surface area contributed by atoms with Crippen molar-refractivity contribution in [2.75, 3.05) is 6.79 Å². The molecule has 0 saturated carbocycles. The minimum Gasteiger partial charge on any atom is -0.454 e. The van der Waals surface area contributed by atoms with Gasteiger partial charge in [-0.15, -0.1) is 0 Å². The van der Waals surface area contributed by atoms with E-state index in [0.29, 0.717) is 24.3 Å². The van der Waals surface area contributed by atoms with E-state index < -0.39 is 13.1 Å². The van der Waals surface area contributed by atoms with Crippen LogP contribution in [0.15, 0.2) is 77.9 Å². The molecule has 0 fully saturated rings. The molecule has 3 aromatic rings. The molecule has 0 aliphatic carbocycles. The first-order valence-corrected chi connectivity index (χ1v) is 10.5. The average molecular weight is 431 g/mol. The van der Waals surface area contributed by atoms with Gasteiger partial charge in [0.2, 0.25) is 6.79 Å². The van der Waals surface area contributed by atoms with Crippen LogP contribution < -0.4 is 20.6 Å². The highest BCUT2D eigenvalue weighted by molar-refractivity contribution is 6.43. The molecule has 0 bridgehead atoms. The predicted molar refractivity (Wildman–Crippen MR) is 125 cm³/mol. The number of ether oxygens (including phenoxy) is 2. The van der Waals surface area contributed by atoms with Gasteiger partial charge in [0.25, 0.3) is 0 Å². The SMILES string of the molecule is N/N=C/C(Cc1ccc(-c2ccccc2)cc1)NC(Cc1ccc2c(c1)OCO2)B(O)O. The minimum absolute atomic E-state index is 0.196. The molecule has 164 valence electrons. The Kier molecular flexibility index (Phi) is 7.06. The number of fused-ring (bicyclic) bond motifs is 1. The molecule has 1 aliphatic heterocycles. The highest BCUT2D eigenvalue weighted by atomic mass is 16.7. The van der Waals surface area contributed by atoms with Crippen LogP contribution in [0.5, 0.6) is 11.5 Å². The molecule has 5 N–H and O–H groups in total. The van der Waals surface area contributed by atoms with Crippen molar-refractivity contribution in [1.29, 1.82) is 0 Å². The molecular weight excluding hydrogens is 405 g/mol. The first-order chi connectivity index (χ1) is 15.6. The van der Waals surface area contributed by atoms with Crippen LogP contribution >= 0.6 is 0 Å². The van der Waals surface area contributed by atoms with Gasteiger partial charge in [0.05, 0.1) is 0 Å². The number of nitrogens with two attached hydrogens (primary N) is 1. The quantitative estimate of drug-likeness (QED) is 0.179. The largest absolute Gasteiger partial charge is 0.469 e. The van der Waals surface area contributed by atoms with Crippen LogP contribution in [0.4, 0.5) is 0 Å². The molecular formula is C24H26BN3O4. The molecule has 32 heavy (non-hydrogen) atoms. The van der Waals surface area contributed by atoms with Gasteiger partial charge in [-0.05, 0) is 47.2 Å². The Balaban J connectivity index is 1.44. The first-order valence-electron chi connectivity index (χ1n) is 10.5. The molecule has 4 rings (SSSR count). The molecule has 2 atom stereocenters. The van der Waals surface area contributed by atoms with Gasteiger partial charge in [-0.2, -0.15) is 5.10 Å². The predicted octanol–water partition coefficient (Wildman–Crippen LogP) is 2.15. The summed E-state index contributed by atoms with van der Waals surface area (Å²) < 4.78 is 10.8. The van der Waals surface area contributed by atoms with E-state index in [4.69, 9.17) is 15.3 Å². The van der Waals surface area contributed by atoms with Gasteiger partial charge in [0.1, 0.15) is 0 Å². The summed E-state index contributed by atoms with van der Waals surface area (Å²) in [5.41, 5.74) is 4.27. The van der Waals surface area contributed by atoms with Gasteiger partial charge in [0.15, 0.2) is 11.5 Å². The second kappa shape index (κ2) is 10.3. The molecule has 0 aromatic heterocycles. The summed E-state index contributed by atoms with van der Waals surface area (Å²) in [6.07, 6.45) is 2.57. The Morgan fingerprint density at radius 2 is 1.59 bits per heavy atom. The summed E-state index contributed by atoms with van der Waals surface area (Å²) in [7, 11) is -1.56. The topological polar surface area (TPSA) is 109 Å². The zero-order valence-electron chi connectivity index (χ0n) is 17.6. The van der Waals surface area contributed by atoms with Gasteiger partial charge in [-0.3, -0.25) is 0 Å². The van der Waals surface area contributed by atoms with Crippen LogP contribution in [-0.2, 0) is 12.8 Å². The summed E-state index contributed by atoms with van der Waals surface area (Å²) in [5, 5.41) is 26.9. The number of hydrogen-bond donors (Lipinski definition) is 4. The van der Waals surface area contributed by atoms with E-state index in [9.17, 15) is 10.0 Å². The maximum Gasteiger partial charge on any atom is 0.469 e. The summed E-state index contributed by atoms with van der Waals surface area (Å²) in [5.74, 6) is 6.15. The number of nitrogens with zero attached hydrogens (tertiary/aromatic N) is 1. The van der Waals surface area contributed by atoms with E-state index in [1.807, 2.05) is 36.4 Å². The third kappa shape index (κ3) is 5.47. The number of nitrogens with one attached hydrogen (secondary N) is 1. The van der Waals surface area contributed by atoms with E-state index in [1.54, 1.807) is 6.21 Å². The maximum atomic E-state index is 9.97. The number of hydrazone groups is 1. The fourth-order valence-electron chi connectivity index (χ4n) is 3.82. The second-order valence-corrected chi connectivity index (χ2v) is 7.75. The lowest BCUT2D eigenvalue weighted by Crippen LogP contribution is -2.51. The lowest BCUT2D eigenvalue weighted by Gasteiger charge is -2.23. The zero-order valence-corrected chi connectivity index (χ0v) is 17.6. The number of rotatable bonds is 9. The Morgan fingerprint density at radius 1 is 0.906 bits per heavy atom. The molecule has 0 saturated heterocycles. The molecule has 0 spiro atoms. The van der Waals surface area contributed by atoms with Crippen LogP contribution in [0.1, 0.15) is 11.1 Å². The van der Waals surface area contributed by atoms with Gasteiger partial charge < -0.3 is 30.7 Å². The zero-order chi connectivity index (χ0) is 22.3. The van der Waals surface area contributed by atoms with Crippen molar-refractivity contribution < 1.29 is 19.5 Å². The summed E-state index contributed by atoms with van der Waals surface area (Å²) in [6.45, 7) is 0.196. The van der Waals surface area contributed by atoms with Crippen LogP contribution in [0.2, 0.25) is 0 Å². The number of benzene rings is 3. The van der Waals surface area contributed by atoms with E-state index >= 15 is 0 Å². The monoisotopic (exact) mass is 431 g/mol. The standard InChI is InChI=1S/C24H26BN3O4/c26-27-15-21(12-17-6-9-20(10-7-17)19-4-2-1-3-5-19)28-24(25(29)30)14-18-8-11-22-23(13-18)32-16-31-22/h1-11,13,15,21,24,28-30H,12,14,16,26H2/b27-15+. The molecule has 7 nitrogen and oxygen atoms in total. The van der Waals surface area contributed by atoms with Crippen LogP contribution in [0, 0.1) is 0 Å². The highest BCUT2D eigenvalue weighted by Gasteiger charge is 2.27. The Morgan fingerprint density at radius 3 is 2.31 bits per heavy atom. The van der Waals surface area contributed by atoms with E-state index in [1.165, 1.54) is 0 Å². The van der Waals surface area contributed by atoms with Crippen molar-refractivity contribution in [1.82, 2.24) is 5.32 Å². The highest BCUT2D eigenvalue weighted by Crippen LogP contribution is 2.32.